The van der Waals surface area contributed by atoms with Gasteiger partial charge in [0.25, 0.3) is 0 Å². The minimum absolute atomic E-state index is 0.0747. The fourth-order valence-corrected chi connectivity index (χ4v) is 1.47. The van der Waals surface area contributed by atoms with E-state index in [9.17, 15) is 13.2 Å². The smallest absolute Gasteiger partial charge is 0.179 e. The van der Waals surface area contributed by atoms with Gasteiger partial charge in [-0.25, -0.2) is 13.2 Å². The minimum atomic E-state index is -1.55. The van der Waals surface area contributed by atoms with E-state index in [2.05, 4.69) is 6.58 Å². The highest BCUT2D eigenvalue weighted by molar-refractivity contribution is 5.44. The van der Waals surface area contributed by atoms with E-state index in [1.165, 1.54) is 12.1 Å². The molecule has 0 N–H and O–H groups in total. The van der Waals surface area contributed by atoms with Crippen LogP contribution < -0.4 is 0 Å². The molecule has 0 unspecified atom stereocenters. The lowest BCUT2D eigenvalue weighted by molar-refractivity contribution is 0.479. The molecule has 0 aliphatic heterocycles. The second-order valence-electron chi connectivity index (χ2n) is 3.21. The molecule has 2 nitrogen and oxygen atoms in total. The summed E-state index contributed by atoms with van der Waals surface area (Å²) in [4.78, 5) is 0. The van der Waals surface area contributed by atoms with Crippen LogP contribution in [0.2, 0.25) is 0 Å². The largest absolute Gasteiger partial charge is 0.205 e. The van der Waals surface area contributed by atoms with Crippen molar-refractivity contribution in [2.75, 3.05) is 0 Å². The van der Waals surface area contributed by atoms with E-state index in [0.717, 1.165) is 0 Å². The first kappa shape index (κ1) is 12.8. The summed E-state index contributed by atoms with van der Waals surface area (Å²) in [6.45, 7) is 3.36. The molecule has 0 amide bonds. The summed E-state index contributed by atoms with van der Waals surface area (Å²) in [6.07, 6.45) is 0.751. The molecule has 0 aliphatic rings. The molecular weight excluding hydrogens is 229 g/mol. The Morgan fingerprint density at radius 1 is 1.06 bits per heavy atom. The lowest BCUT2D eigenvalue weighted by Crippen LogP contribution is -2.07. The summed E-state index contributed by atoms with van der Waals surface area (Å²) in [5, 5.41) is 17.0. The summed E-state index contributed by atoms with van der Waals surface area (Å²) in [6, 6.07) is 2.89. The normalized spacial score (nSPS) is 9.47. The van der Waals surface area contributed by atoms with Crippen molar-refractivity contribution in [2.45, 2.75) is 12.8 Å². The van der Waals surface area contributed by atoms with Crippen LogP contribution in [0.25, 0.3) is 0 Å². The van der Waals surface area contributed by atoms with Gasteiger partial charge in [-0.1, -0.05) is 6.08 Å². The SMILES string of the molecule is C=CCc1c(F)c(C#N)c(F)c(F)c1CC#N. The minimum Gasteiger partial charge on any atom is -0.205 e. The van der Waals surface area contributed by atoms with Crippen LogP contribution in [0.15, 0.2) is 12.7 Å². The monoisotopic (exact) mass is 236 g/mol. The number of allylic oxidation sites excluding steroid dienone is 1. The summed E-state index contributed by atoms with van der Waals surface area (Å²) < 4.78 is 40.5. The van der Waals surface area contributed by atoms with Crippen LogP contribution in [-0.4, -0.2) is 0 Å². The number of halogens is 3. The third-order valence-electron chi connectivity index (χ3n) is 2.24. The molecule has 0 aromatic heterocycles. The molecular formula is C12H7F3N2. The predicted molar refractivity (Wildman–Crippen MR) is 54.2 cm³/mol. The molecule has 0 spiro atoms. The van der Waals surface area contributed by atoms with Crippen molar-refractivity contribution in [2.24, 2.45) is 0 Å². The number of hydrogen-bond acceptors (Lipinski definition) is 2. The van der Waals surface area contributed by atoms with Crippen molar-refractivity contribution in [3.8, 4) is 12.1 Å². The zero-order valence-corrected chi connectivity index (χ0v) is 8.73. The summed E-state index contributed by atoms with van der Waals surface area (Å²) >= 11 is 0. The standard InChI is InChI=1S/C12H7F3N2/c1-2-3-7-8(4-5-16)11(14)12(15)9(6-17)10(7)13/h2H,1,3-4H2. The molecule has 86 valence electrons. The fraction of sp³-hybridized carbons (Fsp3) is 0.167. The summed E-state index contributed by atoms with van der Waals surface area (Å²) in [7, 11) is 0. The number of benzene rings is 1. The maximum atomic E-state index is 13.7. The molecule has 0 fully saturated rings. The molecule has 0 heterocycles. The number of nitrogens with zero attached hydrogens (tertiary/aromatic N) is 2. The quantitative estimate of drug-likeness (QED) is 0.598. The lowest BCUT2D eigenvalue weighted by atomic mass is 9.97. The predicted octanol–water partition coefficient (Wildman–Crippen LogP) is 2.77. The Balaban J connectivity index is 3.66. The van der Waals surface area contributed by atoms with Gasteiger partial charge in [0.15, 0.2) is 11.6 Å². The van der Waals surface area contributed by atoms with Gasteiger partial charge >= 0.3 is 0 Å². The molecule has 17 heavy (non-hydrogen) atoms. The van der Waals surface area contributed by atoms with E-state index < -0.39 is 29.4 Å². The molecule has 0 atom stereocenters. The first-order chi connectivity index (χ1) is 8.08. The van der Waals surface area contributed by atoms with Crippen molar-refractivity contribution in [3.63, 3.8) is 0 Å². The van der Waals surface area contributed by atoms with Gasteiger partial charge in [0.05, 0.1) is 12.5 Å². The number of rotatable bonds is 3. The van der Waals surface area contributed by atoms with Crippen LogP contribution in [-0.2, 0) is 12.8 Å². The average Bonchev–Trinajstić information content (AvgIpc) is 2.31. The summed E-state index contributed by atoms with van der Waals surface area (Å²) in [5.74, 6) is -4.03. The topological polar surface area (TPSA) is 47.6 Å². The Kier molecular flexibility index (Phi) is 3.90. The van der Waals surface area contributed by atoms with Gasteiger partial charge in [0, 0.05) is 11.1 Å². The Bertz CT molecular complexity index is 551. The highest BCUT2D eigenvalue weighted by Crippen LogP contribution is 2.25. The molecule has 1 rings (SSSR count). The second-order valence-corrected chi connectivity index (χ2v) is 3.21. The second kappa shape index (κ2) is 5.18. The Hall–Kier alpha value is -2.27. The zero-order valence-electron chi connectivity index (χ0n) is 8.73. The first-order valence-corrected chi connectivity index (χ1v) is 4.64. The summed E-state index contributed by atoms with van der Waals surface area (Å²) in [5.41, 5.74) is -1.53. The van der Waals surface area contributed by atoms with Gasteiger partial charge in [-0.2, -0.15) is 10.5 Å². The van der Waals surface area contributed by atoms with Gasteiger partial charge in [-0.05, 0) is 6.42 Å². The van der Waals surface area contributed by atoms with E-state index in [1.54, 1.807) is 6.07 Å². The average molecular weight is 236 g/mol. The molecule has 5 heteroatoms. The van der Waals surface area contributed by atoms with E-state index in [0.29, 0.717) is 0 Å². The number of nitriles is 2. The maximum absolute atomic E-state index is 13.7. The third-order valence-corrected chi connectivity index (χ3v) is 2.24. The fourth-order valence-electron chi connectivity index (χ4n) is 1.47. The Labute approximate surface area is 96.2 Å². The van der Waals surface area contributed by atoms with Gasteiger partial charge < -0.3 is 0 Å². The van der Waals surface area contributed by atoms with E-state index in [4.69, 9.17) is 10.5 Å². The number of hydrogen-bond donors (Lipinski definition) is 0. The van der Waals surface area contributed by atoms with Crippen molar-refractivity contribution in [3.05, 3.63) is 46.8 Å². The highest BCUT2D eigenvalue weighted by Gasteiger charge is 2.23. The first-order valence-electron chi connectivity index (χ1n) is 4.64. The Morgan fingerprint density at radius 2 is 1.71 bits per heavy atom. The van der Waals surface area contributed by atoms with Crippen LogP contribution in [0.5, 0.6) is 0 Å². The molecule has 0 radical (unpaired) electrons. The Morgan fingerprint density at radius 3 is 2.18 bits per heavy atom. The zero-order chi connectivity index (χ0) is 13.0. The molecule has 1 aromatic rings. The van der Waals surface area contributed by atoms with Crippen LogP contribution in [0, 0.1) is 40.1 Å². The van der Waals surface area contributed by atoms with Gasteiger partial charge in [-0.15, -0.1) is 6.58 Å². The maximum Gasteiger partial charge on any atom is 0.179 e. The van der Waals surface area contributed by atoms with Gasteiger partial charge in [0.1, 0.15) is 17.4 Å². The molecule has 0 saturated heterocycles. The van der Waals surface area contributed by atoms with Crippen LogP contribution in [0.3, 0.4) is 0 Å². The van der Waals surface area contributed by atoms with Crippen molar-refractivity contribution < 1.29 is 13.2 Å². The molecule has 0 saturated carbocycles. The van der Waals surface area contributed by atoms with Crippen molar-refractivity contribution in [1.82, 2.24) is 0 Å². The van der Waals surface area contributed by atoms with E-state index in [-0.39, 0.29) is 17.5 Å². The lowest BCUT2D eigenvalue weighted by Gasteiger charge is -2.10. The van der Waals surface area contributed by atoms with Crippen LogP contribution in [0.4, 0.5) is 13.2 Å². The van der Waals surface area contributed by atoms with Crippen LogP contribution >= 0.6 is 0 Å². The van der Waals surface area contributed by atoms with Gasteiger partial charge in [0.2, 0.25) is 0 Å². The van der Waals surface area contributed by atoms with E-state index in [1.807, 2.05) is 0 Å². The molecule has 1 aromatic carbocycles. The molecule has 0 aliphatic carbocycles. The van der Waals surface area contributed by atoms with Crippen molar-refractivity contribution >= 4 is 0 Å². The highest BCUT2D eigenvalue weighted by atomic mass is 19.2. The van der Waals surface area contributed by atoms with Crippen molar-refractivity contribution in [1.29, 1.82) is 10.5 Å². The van der Waals surface area contributed by atoms with Crippen LogP contribution in [0.1, 0.15) is 16.7 Å². The van der Waals surface area contributed by atoms with Gasteiger partial charge in [-0.3, -0.25) is 0 Å². The third kappa shape index (κ3) is 2.14. The van der Waals surface area contributed by atoms with E-state index >= 15 is 0 Å². The molecule has 0 bridgehead atoms.